The molecule has 5 saturated heterocycles. The molecule has 0 amide bonds. The zero-order chi connectivity index (χ0) is 90.8. The monoisotopic (exact) mass is 1810 g/mol. The fourth-order valence-corrected chi connectivity index (χ4v) is 17.9. The highest BCUT2D eigenvalue weighted by Crippen LogP contribution is 2.39. The number of imidazole rings is 4. The molecule has 5 aliphatic heterocycles. The minimum atomic E-state index is -1.15. The largest absolute Gasteiger partial charge is 0.387 e. The SMILES string of the molecule is CNc1nc(CNC2CCC(NCc3ccccc3)CC2)nc2c1ncn2[C@@H]1O[C@H](COC)[C@@H](O)[C@H]1O.CNc1nc(CNC2CCC(NSC)CC2)nc2c1ncn2[C@@H]1O[C@H](COC)[C@@H](O)[C@H]1O.CNc1nc(CNC2CCN(C)CC2)nc2c1ncn2[C@@H]1O[C@H](COC)[C@@H](O)[C@H]1O.CNc1nc(COCc2ccccc2)nc2c1ncn2[C@@H]1O[C@H](COC)[C@@H](O)[C@H]1O. The normalized spacial score (nSPS) is 27.9. The Morgan fingerprint density at radius 3 is 0.953 bits per heavy atom. The van der Waals surface area contributed by atoms with Crippen LogP contribution in [-0.2, 0) is 82.0 Å². The maximum absolute atomic E-state index is 10.6. The van der Waals surface area contributed by atoms with Gasteiger partial charge < -0.3 is 131 Å². The first-order chi connectivity index (χ1) is 62.7. The fraction of sp³-hybridized carbons (Fsp3) is 0.624. The predicted molar refractivity (Wildman–Crippen MR) is 479 cm³/mol. The van der Waals surface area contributed by atoms with Gasteiger partial charge in [-0.3, -0.25) is 23.0 Å². The van der Waals surface area contributed by atoms with Gasteiger partial charge in [0.25, 0.3) is 0 Å². The van der Waals surface area contributed by atoms with Gasteiger partial charge in [0.2, 0.25) is 0 Å². The number of hydrogen-bond acceptors (Lipinski definition) is 40. The number of anilines is 4. The molecule has 13 heterocycles. The molecule has 17 N–H and O–H groups in total. The first-order valence-corrected chi connectivity index (χ1v) is 45.2. The van der Waals surface area contributed by atoms with E-state index in [0.29, 0.717) is 148 Å². The van der Waals surface area contributed by atoms with Crippen molar-refractivity contribution in [3.63, 3.8) is 0 Å². The van der Waals surface area contributed by atoms with Crippen LogP contribution in [0.2, 0.25) is 0 Å². The molecule has 2 saturated carbocycles. The van der Waals surface area contributed by atoms with Crippen molar-refractivity contribution in [2.75, 3.05) is 131 Å². The Bertz CT molecular complexity index is 5130. The quantitative estimate of drug-likeness (QED) is 0.0256. The van der Waals surface area contributed by atoms with Crippen molar-refractivity contribution in [3.8, 4) is 0 Å². The van der Waals surface area contributed by atoms with Crippen LogP contribution in [0, 0.1) is 0 Å². The number of aromatic nitrogens is 16. The zero-order valence-corrected chi connectivity index (χ0v) is 75.3. The number of methoxy groups -OCH3 is 4. The van der Waals surface area contributed by atoms with Crippen LogP contribution < -0.4 is 47.3 Å². The van der Waals surface area contributed by atoms with Crippen molar-refractivity contribution in [2.45, 2.75) is 232 Å². The van der Waals surface area contributed by atoms with Crippen molar-refractivity contribution >= 4 is 79.9 Å². The average Bonchev–Trinajstić information content (AvgIpc) is 1.63. The average molecular weight is 1820 g/mol. The van der Waals surface area contributed by atoms with Crippen LogP contribution in [0.25, 0.3) is 44.7 Å². The third-order valence-electron chi connectivity index (χ3n) is 24.5. The van der Waals surface area contributed by atoms with Crippen molar-refractivity contribution in [2.24, 2.45) is 0 Å². The van der Waals surface area contributed by atoms with E-state index in [1.807, 2.05) is 36.4 Å². The van der Waals surface area contributed by atoms with E-state index < -0.39 is 98.2 Å². The number of piperidine rings is 1. The summed E-state index contributed by atoms with van der Waals surface area (Å²) in [6.45, 7) is 5.99. The fourth-order valence-electron chi connectivity index (χ4n) is 17.3. The summed E-state index contributed by atoms with van der Waals surface area (Å²) in [7, 11) is 15.3. The number of aliphatic hydroxyl groups is 8. The molecule has 7 aliphatic rings. The topological polar surface area (TPSA) is 531 Å². The van der Waals surface area contributed by atoms with Crippen LogP contribution in [0.4, 0.5) is 23.3 Å². The van der Waals surface area contributed by atoms with Crippen molar-refractivity contribution in [1.29, 1.82) is 0 Å². The maximum atomic E-state index is 10.6. The highest BCUT2D eigenvalue weighted by molar-refractivity contribution is 7.96. The van der Waals surface area contributed by atoms with E-state index in [-0.39, 0.29) is 33.0 Å². The van der Waals surface area contributed by atoms with E-state index in [4.69, 9.17) is 57.6 Å². The number of nitrogens with zero attached hydrogens (tertiary/aromatic N) is 17. The van der Waals surface area contributed by atoms with Crippen LogP contribution in [0.1, 0.15) is 124 Å². The summed E-state index contributed by atoms with van der Waals surface area (Å²) in [6.07, 6.45) is 4.84. The van der Waals surface area contributed by atoms with Gasteiger partial charge in [0.05, 0.1) is 78.0 Å². The van der Waals surface area contributed by atoms with E-state index in [1.165, 1.54) is 40.3 Å². The Hall–Kier alpha value is -8.73. The molecule has 704 valence electrons. The summed E-state index contributed by atoms with van der Waals surface area (Å²) in [5.41, 5.74) is 6.75. The summed E-state index contributed by atoms with van der Waals surface area (Å²) in [5, 5.41) is 110. The summed E-state index contributed by atoms with van der Waals surface area (Å²) in [4.78, 5) is 57.0. The van der Waals surface area contributed by atoms with Gasteiger partial charge in [-0.2, -0.15) is 0 Å². The molecule has 44 heteroatoms. The second kappa shape index (κ2) is 46.1. The molecule has 129 heavy (non-hydrogen) atoms. The Morgan fingerprint density at radius 2 is 0.643 bits per heavy atom. The second-order valence-corrected chi connectivity index (χ2v) is 33.9. The Labute approximate surface area is 751 Å². The molecule has 0 bridgehead atoms. The van der Waals surface area contributed by atoms with Crippen LogP contribution in [0.3, 0.4) is 0 Å². The number of fused-ring (bicyclic) bond motifs is 4. The van der Waals surface area contributed by atoms with Crippen LogP contribution in [0.5, 0.6) is 0 Å². The molecule has 2 aliphatic carbocycles. The van der Waals surface area contributed by atoms with Gasteiger partial charge in [0.1, 0.15) is 97.3 Å². The number of ether oxygens (including phenoxy) is 9. The maximum Gasteiger partial charge on any atom is 0.168 e. The molecule has 0 spiro atoms. The summed E-state index contributed by atoms with van der Waals surface area (Å²) < 4.78 is 59.6. The number of aliphatic hydroxyl groups excluding tert-OH is 8. The minimum Gasteiger partial charge on any atom is -0.387 e. The molecule has 43 nitrogen and oxygen atoms in total. The van der Waals surface area contributed by atoms with E-state index in [2.05, 4.69) is 135 Å². The smallest absolute Gasteiger partial charge is 0.168 e. The van der Waals surface area contributed by atoms with Gasteiger partial charge >= 0.3 is 0 Å². The van der Waals surface area contributed by atoms with Gasteiger partial charge in [0.15, 0.2) is 98.7 Å². The lowest BCUT2D eigenvalue weighted by atomic mass is 9.91. The summed E-state index contributed by atoms with van der Waals surface area (Å²) in [6, 6.07) is 22.7. The molecule has 17 rings (SSSR count). The number of hydrogen-bond donors (Lipinski definition) is 17. The number of benzene rings is 2. The van der Waals surface area contributed by atoms with Crippen molar-refractivity contribution < 1.29 is 83.5 Å². The highest BCUT2D eigenvalue weighted by Gasteiger charge is 2.49. The Kier molecular flexibility index (Phi) is 34.4. The molecular formula is C85H126N26O17S. The lowest BCUT2D eigenvalue weighted by Crippen LogP contribution is -2.40. The molecule has 16 atom stereocenters. The Morgan fingerprint density at radius 1 is 0.357 bits per heavy atom. The highest BCUT2D eigenvalue weighted by atomic mass is 32.2. The van der Waals surface area contributed by atoms with E-state index in [0.717, 1.165) is 89.4 Å². The second-order valence-electron chi connectivity index (χ2n) is 33.2. The summed E-state index contributed by atoms with van der Waals surface area (Å²) in [5.74, 6) is 4.73. The van der Waals surface area contributed by atoms with Gasteiger partial charge in [0, 0.05) is 93.4 Å². The number of nitrogens with one attached hydrogen (secondary N) is 9. The van der Waals surface area contributed by atoms with E-state index in [9.17, 15) is 40.9 Å². The third-order valence-corrected chi connectivity index (χ3v) is 25.0. The van der Waals surface area contributed by atoms with Gasteiger partial charge in [-0.25, -0.2) is 59.8 Å². The third kappa shape index (κ3) is 23.1. The first kappa shape index (κ1) is 96.3. The molecule has 0 radical (unpaired) electrons. The zero-order valence-electron chi connectivity index (χ0n) is 74.5. The van der Waals surface area contributed by atoms with E-state index in [1.54, 1.807) is 77.4 Å². The van der Waals surface area contributed by atoms with Crippen LogP contribution in [-0.4, -0.2) is 337 Å². The molecular weight excluding hydrogens is 1690 g/mol. The van der Waals surface area contributed by atoms with Crippen LogP contribution in [0.15, 0.2) is 86.0 Å². The predicted octanol–water partition coefficient (Wildman–Crippen LogP) is 1.89. The lowest BCUT2D eigenvalue weighted by molar-refractivity contribution is -0.0580. The minimum absolute atomic E-state index is 0.163. The van der Waals surface area contributed by atoms with Crippen LogP contribution >= 0.6 is 11.9 Å². The van der Waals surface area contributed by atoms with Crippen molar-refractivity contribution in [1.82, 2.24) is 109 Å². The molecule has 7 fully saturated rings. The first-order valence-electron chi connectivity index (χ1n) is 44.0. The number of likely N-dealkylation sites (tertiary alicyclic amines) is 1. The summed E-state index contributed by atoms with van der Waals surface area (Å²) >= 11 is 1.68. The molecule has 2 aromatic carbocycles. The lowest BCUT2D eigenvalue weighted by Gasteiger charge is -2.30. The number of rotatable bonds is 34. The molecule has 8 aromatic heterocycles. The van der Waals surface area contributed by atoms with Crippen molar-refractivity contribution in [3.05, 3.63) is 120 Å². The van der Waals surface area contributed by atoms with Gasteiger partial charge in [-0.15, -0.1) is 0 Å². The molecule has 0 unspecified atom stereocenters. The molecule has 10 aromatic rings. The Balaban J connectivity index is 0.000000139. The van der Waals surface area contributed by atoms with Gasteiger partial charge in [-0.05, 0) is 102 Å². The standard InChI is InChI=1S/C26H37N7O4.C20H33N7O4S.C20H25N5O5.C19H31N7O4/c1-27-24-21-25(33(15-30-21)26-23(35)22(34)19(37-26)14-36-2)32-20(31-24)13-29-18-10-8-17(9-11-18)28-12-16-6-4-3-5-7-16;1-21-18-15-19(27(10-23-15)20-17(29)16(28)13(31-20)9-30-2)25-14(24-18)8-22-11-4-6-12(7-5-11)26-32-3;1-21-18-15-19(24-14(23-18)10-29-8-12-6-4-3-5-7-12)25(11-22-15)20-17(27)16(26)13(30-20)9-28-2;1-20-17-14-18(24-13(23-17)8-21-11-4-6-25(2)7-5-11)26(10-22-14)19-16(28)15(27)12(30-19)9-29-3/h3-7,15,17-19,22-23,26,28-29,34-35H,8-14H2,1-2H3,(H,27,31,32);10-13,16-17,20,22,26,28-29H,4-9H2,1-3H3,(H,21,24,25);3-7,11,13,16-17,20,26-27H,8-10H2,1-2H3,(H,21,23,24);10-12,15-16,19,21,27-28H,4-9H2,1-3H3,(H,20,23,24)/t17?,18?,19-,22-,23-,26-;11?,12?,13-,16-,17-,20-;13-,16-,17-,20-;12-,15-,16-,19-/m1111/s1. The van der Waals surface area contributed by atoms with E-state index >= 15 is 0 Å². The van der Waals surface area contributed by atoms with Gasteiger partial charge in [-0.1, -0.05) is 72.6 Å².